The minimum absolute atomic E-state index is 0.775. The van der Waals surface area contributed by atoms with Crippen LogP contribution in [-0.2, 0) is 0 Å². The Labute approximate surface area is 68.6 Å². The summed E-state index contributed by atoms with van der Waals surface area (Å²) in [4.78, 5) is 0. The van der Waals surface area contributed by atoms with Crippen LogP contribution in [-0.4, -0.2) is 7.42 Å². The van der Waals surface area contributed by atoms with Crippen LogP contribution in [0.5, 0.6) is 0 Å². The fourth-order valence-electron chi connectivity index (χ4n) is 0.874. The van der Waals surface area contributed by atoms with Gasteiger partial charge in [0, 0.05) is 0 Å². The van der Waals surface area contributed by atoms with E-state index in [0.717, 1.165) is 12.0 Å². The van der Waals surface area contributed by atoms with E-state index in [1.807, 2.05) is 0 Å². The van der Waals surface area contributed by atoms with E-state index in [2.05, 4.69) is 13.8 Å². The van der Waals surface area contributed by atoms with Gasteiger partial charge in [-0.15, -0.1) is 0 Å². The molecule has 0 saturated carbocycles. The van der Waals surface area contributed by atoms with Crippen molar-refractivity contribution in [3.8, 4) is 0 Å². The van der Waals surface area contributed by atoms with E-state index < -0.39 is 7.42 Å². The summed E-state index contributed by atoms with van der Waals surface area (Å²) in [6.45, 7) is 4.39. The number of hydrogen-bond donors (Lipinski definition) is 0. The van der Waals surface area contributed by atoms with Crippen LogP contribution in [0.15, 0.2) is 0 Å². The molecule has 0 aromatic heterocycles. The maximum Gasteiger partial charge on any atom is 0.237 e. The minimum atomic E-state index is -1.32. The predicted molar refractivity (Wildman–Crippen MR) is 47.7 cm³/mol. The Morgan fingerprint density at radius 1 is 1.22 bits per heavy atom. The molecule has 0 radical (unpaired) electrons. The van der Waals surface area contributed by atoms with Crippen LogP contribution in [0.4, 0.5) is 0 Å². The number of rotatable bonds is 4. The van der Waals surface area contributed by atoms with E-state index in [-0.39, 0.29) is 0 Å². The molecule has 0 heterocycles. The normalized spacial score (nSPS) is 11.3. The molecule has 3 heteroatoms. The highest BCUT2D eigenvalue weighted by atomic mass is 35.7. The molecular formula is C6H14Cl2Si. The second-order valence-corrected chi connectivity index (χ2v) is 7.39. The molecule has 0 fully saturated rings. The van der Waals surface area contributed by atoms with Crippen molar-refractivity contribution in [1.82, 2.24) is 0 Å². The first-order valence-corrected chi connectivity index (χ1v) is 7.79. The van der Waals surface area contributed by atoms with Crippen molar-refractivity contribution in [2.75, 3.05) is 0 Å². The van der Waals surface area contributed by atoms with E-state index in [0.29, 0.717) is 0 Å². The Kier molecular flexibility index (Phi) is 6.07. The van der Waals surface area contributed by atoms with Crippen LogP contribution >= 0.6 is 22.2 Å². The van der Waals surface area contributed by atoms with E-state index >= 15 is 0 Å². The molecule has 0 amide bonds. The zero-order chi connectivity index (χ0) is 7.28. The molecule has 0 nitrogen and oxygen atoms in total. The predicted octanol–water partition coefficient (Wildman–Crippen LogP) is 3.12. The van der Waals surface area contributed by atoms with Crippen molar-refractivity contribution in [2.24, 2.45) is 5.92 Å². The van der Waals surface area contributed by atoms with Crippen molar-refractivity contribution in [3.05, 3.63) is 0 Å². The highest BCUT2D eigenvalue weighted by Crippen LogP contribution is 2.18. The lowest BCUT2D eigenvalue weighted by atomic mass is 10.1. The van der Waals surface area contributed by atoms with Gasteiger partial charge in [0.2, 0.25) is 7.42 Å². The van der Waals surface area contributed by atoms with Crippen molar-refractivity contribution in [2.45, 2.75) is 32.7 Å². The largest absolute Gasteiger partial charge is 0.237 e. The summed E-state index contributed by atoms with van der Waals surface area (Å²) in [5.74, 6) is 0.775. The van der Waals surface area contributed by atoms with Gasteiger partial charge in [-0.1, -0.05) is 26.7 Å². The highest BCUT2D eigenvalue weighted by Gasteiger charge is 2.09. The maximum atomic E-state index is 5.73. The molecular weight excluding hydrogens is 171 g/mol. The molecule has 0 aromatic rings. The second kappa shape index (κ2) is 5.57. The topological polar surface area (TPSA) is 0 Å². The van der Waals surface area contributed by atoms with Gasteiger partial charge in [0.1, 0.15) is 0 Å². The molecule has 0 aliphatic rings. The first kappa shape index (κ1) is 9.80. The average Bonchev–Trinajstić information content (AvgIpc) is 1.82. The number of halogens is 2. The molecule has 0 bridgehead atoms. The van der Waals surface area contributed by atoms with Gasteiger partial charge in [-0.3, -0.25) is 0 Å². The molecule has 0 atom stereocenters. The van der Waals surface area contributed by atoms with Gasteiger partial charge in [-0.05, 0) is 12.0 Å². The lowest BCUT2D eigenvalue weighted by Crippen LogP contribution is -2.03. The Morgan fingerprint density at radius 2 is 1.67 bits per heavy atom. The molecule has 56 valence electrons. The summed E-state index contributed by atoms with van der Waals surface area (Å²) in [5.41, 5.74) is 0. The van der Waals surface area contributed by atoms with Gasteiger partial charge in [-0.25, -0.2) is 0 Å². The van der Waals surface area contributed by atoms with Crippen LogP contribution in [0, 0.1) is 5.92 Å². The van der Waals surface area contributed by atoms with E-state index in [9.17, 15) is 0 Å². The molecule has 9 heavy (non-hydrogen) atoms. The zero-order valence-electron chi connectivity index (χ0n) is 6.03. The Morgan fingerprint density at radius 3 is 1.78 bits per heavy atom. The molecule has 0 unspecified atom stereocenters. The Bertz CT molecular complexity index is 62.1. The van der Waals surface area contributed by atoms with Gasteiger partial charge in [0.15, 0.2) is 0 Å². The fourth-order valence-corrected chi connectivity index (χ4v) is 3.56. The molecule has 0 saturated heterocycles. The number of hydrogen-bond acceptors (Lipinski definition) is 0. The maximum absolute atomic E-state index is 5.73. The van der Waals surface area contributed by atoms with Gasteiger partial charge in [-0.2, -0.15) is 22.2 Å². The summed E-state index contributed by atoms with van der Waals surface area (Å²) in [5, 5.41) is 0. The zero-order valence-corrected chi connectivity index (χ0v) is 8.70. The molecule has 0 N–H and O–H groups in total. The van der Waals surface area contributed by atoms with Gasteiger partial charge in [0.25, 0.3) is 0 Å². The quantitative estimate of drug-likeness (QED) is 0.466. The second-order valence-electron chi connectivity index (χ2n) is 2.31. The van der Waals surface area contributed by atoms with Gasteiger partial charge in [0.05, 0.1) is 0 Å². The first-order valence-electron chi connectivity index (χ1n) is 3.48. The third-order valence-corrected chi connectivity index (χ3v) is 3.76. The van der Waals surface area contributed by atoms with E-state index in [1.54, 1.807) is 0 Å². The van der Waals surface area contributed by atoms with Crippen LogP contribution in [0.1, 0.15) is 26.7 Å². The van der Waals surface area contributed by atoms with Crippen LogP contribution in [0.25, 0.3) is 0 Å². The molecule has 0 aliphatic heterocycles. The summed E-state index contributed by atoms with van der Waals surface area (Å²) >= 11 is 11.5. The molecule has 0 rings (SSSR count). The standard InChI is InChI=1S/C6H14Cl2Si/c1-3-6(4-2)5-9(7)8/h6,9H,3-5H2,1-2H3. The van der Waals surface area contributed by atoms with Crippen molar-refractivity contribution in [3.63, 3.8) is 0 Å². The van der Waals surface area contributed by atoms with Crippen LogP contribution in [0.3, 0.4) is 0 Å². The minimum Gasteiger partial charge on any atom is -0.150 e. The third-order valence-electron chi connectivity index (χ3n) is 1.67. The summed E-state index contributed by atoms with van der Waals surface area (Å²) in [6.07, 6.45) is 2.44. The Hall–Kier alpha value is 0.797. The van der Waals surface area contributed by atoms with Crippen molar-refractivity contribution < 1.29 is 0 Å². The monoisotopic (exact) mass is 184 g/mol. The van der Waals surface area contributed by atoms with E-state index in [4.69, 9.17) is 22.2 Å². The van der Waals surface area contributed by atoms with E-state index in [1.165, 1.54) is 12.8 Å². The smallest absolute Gasteiger partial charge is 0.150 e. The Balaban J connectivity index is 3.31. The van der Waals surface area contributed by atoms with Crippen LogP contribution in [0.2, 0.25) is 6.04 Å². The highest BCUT2D eigenvalue weighted by molar-refractivity contribution is 7.33. The summed E-state index contributed by atoms with van der Waals surface area (Å²) in [6, 6.07) is 1.08. The van der Waals surface area contributed by atoms with Crippen LogP contribution < -0.4 is 0 Å². The average molecular weight is 185 g/mol. The SMILES string of the molecule is CCC(CC)C[SiH](Cl)Cl. The van der Waals surface area contributed by atoms with Crippen molar-refractivity contribution in [1.29, 1.82) is 0 Å². The first-order chi connectivity index (χ1) is 4.20. The van der Waals surface area contributed by atoms with Crippen molar-refractivity contribution >= 4 is 29.6 Å². The molecule has 0 spiro atoms. The fraction of sp³-hybridized carbons (Fsp3) is 1.00. The summed E-state index contributed by atoms with van der Waals surface area (Å²) < 4.78 is 0. The van der Waals surface area contributed by atoms with Gasteiger partial charge >= 0.3 is 0 Å². The lowest BCUT2D eigenvalue weighted by molar-refractivity contribution is 0.542. The van der Waals surface area contributed by atoms with Gasteiger partial charge < -0.3 is 0 Å². The summed E-state index contributed by atoms with van der Waals surface area (Å²) in [7, 11) is -1.32. The molecule has 0 aromatic carbocycles. The lowest BCUT2D eigenvalue weighted by Gasteiger charge is -2.10. The third kappa shape index (κ3) is 5.25. The molecule has 0 aliphatic carbocycles.